The number of hydrogen-bond donors (Lipinski definition) is 0. The fraction of sp³-hybridized carbons (Fsp3) is 0.372. The molecule has 1 aliphatic heterocycles. The molecule has 0 bridgehead atoms. The summed E-state index contributed by atoms with van der Waals surface area (Å²) >= 11 is 0. The van der Waals surface area contributed by atoms with Gasteiger partial charge >= 0.3 is 0 Å². The van der Waals surface area contributed by atoms with Gasteiger partial charge in [0.1, 0.15) is 17.3 Å². The lowest BCUT2D eigenvalue weighted by atomic mass is 9.82. The highest BCUT2D eigenvalue weighted by Crippen LogP contribution is 2.68. The standard InChI is InChI=1S/C43H49O3P/c1-26(2)31-14-9-15-32(27(3)4)41(31)35-18-11-19-36(42-33(28(5)6)16-10-17-34(42)29(7)8)43(35)47-39(37-20-12-22-45-37)24-30(44)25-40(47)38-21-13-23-46-38/h9-23,26-29,39-40H,24-25H2,1-8H3. The molecule has 3 aromatic carbocycles. The first kappa shape index (κ1) is 33.2. The molecule has 6 rings (SSSR count). The Morgan fingerprint density at radius 1 is 0.532 bits per heavy atom. The normalized spacial score (nSPS) is 18.6. The van der Waals surface area contributed by atoms with Crippen LogP contribution in [0.4, 0.5) is 0 Å². The van der Waals surface area contributed by atoms with Crippen molar-refractivity contribution in [3.63, 3.8) is 0 Å². The van der Waals surface area contributed by atoms with Crippen molar-refractivity contribution in [3.05, 3.63) is 125 Å². The van der Waals surface area contributed by atoms with Crippen molar-refractivity contribution in [1.29, 1.82) is 0 Å². The van der Waals surface area contributed by atoms with Gasteiger partial charge in [0.05, 0.1) is 12.5 Å². The molecule has 1 fully saturated rings. The zero-order chi connectivity index (χ0) is 33.4. The fourth-order valence-electron chi connectivity index (χ4n) is 7.63. The first-order valence-electron chi connectivity index (χ1n) is 17.3. The highest BCUT2D eigenvalue weighted by atomic mass is 31.1. The minimum atomic E-state index is -1.05. The van der Waals surface area contributed by atoms with Gasteiger partial charge in [-0.25, -0.2) is 0 Å². The van der Waals surface area contributed by atoms with Gasteiger partial charge in [-0.1, -0.05) is 118 Å². The molecule has 244 valence electrons. The molecule has 3 nitrogen and oxygen atoms in total. The van der Waals surface area contributed by atoms with E-state index in [0.29, 0.717) is 36.5 Å². The van der Waals surface area contributed by atoms with Crippen molar-refractivity contribution < 1.29 is 13.6 Å². The van der Waals surface area contributed by atoms with Gasteiger partial charge in [0.25, 0.3) is 0 Å². The van der Waals surface area contributed by atoms with Crippen LogP contribution in [0.3, 0.4) is 0 Å². The monoisotopic (exact) mass is 644 g/mol. The molecule has 1 aliphatic rings. The Balaban J connectivity index is 1.80. The second-order valence-electron chi connectivity index (χ2n) is 14.4. The van der Waals surface area contributed by atoms with Crippen LogP contribution in [0.1, 0.15) is 137 Å². The summed E-state index contributed by atoms with van der Waals surface area (Å²) in [4.78, 5) is 13.7. The van der Waals surface area contributed by atoms with Crippen LogP contribution >= 0.6 is 7.92 Å². The van der Waals surface area contributed by atoms with Crippen LogP contribution in [0, 0.1) is 0 Å². The molecule has 0 aliphatic carbocycles. The molecule has 0 radical (unpaired) electrons. The largest absolute Gasteiger partial charge is 0.469 e. The first-order valence-corrected chi connectivity index (χ1v) is 18.8. The van der Waals surface area contributed by atoms with E-state index < -0.39 is 7.92 Å². The second kappa shape index (κ2) is 13.8. The summed E-state index contributed by atoms with van der Waals surface area (Å²) in [6.45, 7) is 18.4. The van der Waals surface area contributed by atoms with Gasteiger partial charge in [0, 0.05) is 24.2 Å². The molecule has 5 aromatic rings. The van der Waals surface area contributed by atoms with Crippen LogP contribution < -0.4 is 5.30 Å². The number of hydrogen-bond acceptors (Lipinski definition) is 3. The summed E-state index contributed by atoms with van der Waals surface area (Å²) in [6.07, 6.45) is 4.45. The fourth-order valence-corrected chi connectivity index (χ4v) is 11.3. The number of ketones is 1. The summed E-state index contributed by atoms with van der Waals surface area (Å²) in [6, 6.07) is 28.8. The van der Waals surface area contributed by atoms with Crippen molar-refractivity contribution in [2.75, 3.05) is 0 Å². The molecule has 0 saturated carbocycles. The van der Waals surface area contributed by atoms with E-state index in [1.807, 2.05) is 12.1 Å². The Hall–Kier alpha value is -3.68. The SMILES string of the molecule is CC(C)c1cccc(C(C)C)c1-c1cccc(-c2c(C(C)C)cccc2C(C)C)c1P1C(c2ccco2)CC(=O)CC1c1ccco1. The third-order valence-corrected chi connectivity index (χ3v) is 13.1. The Morgan fingerprint density at radius 3 is 1.21 bits per heavy atom. The number of carbonyl (C=O) groups is 1. The van der Waals surface area contributed by atoms with Crippen molar-refractivity contribution in [2.24, 2.45) is 0 Å². The average molecular weight is 645 g/mol. The van der Waals surface area contributed by atoms with Crippen LogP contribution in [0.25, 0.3) is 22.3 Å². The Labute approximate surface area is 282 Å². The Kier molecular flexibility index (Phi) is 9.77. The summed E-state index contributed by atoms with van der Waals surface area (Å²) in [7, 11) is -1.05. The molecule has 2 atom stereocenters. The summed E-state index contributed by atoms with van der Waals surface area (Å²) in [5.74, 6) is 3.43. The van der Waals surface area contributed by atoms with Gasteiger partial charge in [0.2, 0.25) is 0 Å². The average Bonchev–Trinajstić information content (AvgIpc) is 3.79. The number of rotatable bonds is 9. The lowest BCUT2D eigenvalue weighted by molar-refractivity contribution is -0.119. The van der Waals surface area contributed by atoms with Gasteiger partial charge in [0.15, 0.2) is 0 Å². The number of benzene rings is 3. The molecule has 3 heterocycles. The van der Waals surface area contributed by atoms with Crippen LogP contribution in [-0.4, -0.2) is 5.78 Å². The lowest BCUT2D eigenvalue weighted by Crippen LogP contribution is -2.26. The molecule has 47 heavy (non-hydrogen) atoms. The van der Waals surface area contributed by atoms with E-state index >= 15 is 0 Å². The molecule has 4 heteroatoms. The molecule has 0 N–H and O–H groups in total. The molecule has 2 aromatic heterocycles. The highest BCUT2D eigenvalue weighted by Gasteiger charge is 2.44. The zero-order valence-corrected chi connectivity index (χ0v) is 30.1. The first-order chi connectivity index (χ1) is 22.6. The summed E-state index contributed by atoms with van der Waals surface area (Å²) in [5, 5.41) is 1.36. The topological polar surface area (TPSA) is 43.4 Å². The lowest BCUT2D eigenvalue weighted by Gasteiger charge is -2.39. The Morgan fingerprint density at radius 2 is 0.894 bits per heavy atom. The van der Waals surface area contributed by atoms with Gasteiger partial charge < -0.3 is 8.83 Å². The van der Waals surface area contributed by atoms with Crippen LogP contribution in [0.5, 0.6) is 0 Å². The predicted molar refractivity (Wildman–Crippen MR) is 197 cm³/mol. The molecule has 1 saturated heterocycles. The van der Waals surface area contributed by atoms with E-state index in [0.717, 1.165) is 11.5 Å². The molecule has 0 amide bonds. The van der Waals surface area contributed by atoms with Crippen LogP contribution in [0.2, 0.25) is 0 Å². The molecular weight excluding hydrogens is 595 g/mol. The van der Waals surface area contributed by atoms with E-state index in [1.165, 1.54) is 49.8 Å². The number of furan rings is 2. The summed E-state index contributed by atoms with van der Waals surface area (Å²) < 4.78 is 12.4. The molecule has 0 spiro atoms. The quantitative estimate of drug-likeness (QED) is 0.150. The van der Waals surface area contributed by atoms with E-state index in [4.69, 9.17) is 8.83 Å². The van der Waals surface area contributed by atoms with Crippen LogP contribution in [-0.2, 0) is 4.79 Å². The zero-order valence-electron chi connectivity index (χ0n) is 29.2. The number of Topliss-reactive ketones (excluding diaryl/α,β-unsaturated/α-hetero) is 1. The van der Waals surface area contributed by atoms with Gasteiger partial charge in [-0.2, -0.15) is 0 Å². The maximum atomic E-state index is 13.7. The number of carbonyl (C=O) groups excluding carboxylic acids is 1. The highest BCUT2D eigenvalue weighted by molar-refractivity contribution is 7.67. The van der Waals surface area contributed by atoms with E-state index in [9.17, 15) is 4.79 Å². The minimum Gasteiger partial charge on any atom is -0.469 e. The molecule has 2 unspecified atom stereocenters. The molecular formula is C43H49O3P. The van der Waals surface area contributed by atoms with E-state index in [1.54, 1.807) is 12.5 Å². The maximum absolute atomic E-state index is 13.7. The second-order valence-corrected chi connectivity index (χ2v) is 16.9. The predicted octanol–water partition coefficient (Wildman–Crippen LogP) is 12.7. The van der Waals surface area contributed by atoms with Crippen LogP contribution in [0.15, 0.2) is 100 Å². The summed E-state index contributed by atoms with van der Waals surface area (Å²) in [5.41, 5.74) is 10.6. The third-order valence-electron chi connectivity index (χ3n) is 9.84. The van der Waals surface area contributed by atoms with E-state index in [2.05, 4.69) is 122 Å². The van der Waals surface area contributed by atoms with Crippen molar-refractivity contribution in [2.45, 2.75) is 103 Å². The smallest absolute Gasteiger partial charge is 0.135 e. The maximum Gasteiger partial charge on any atom is 0.135 e. The van der Waals surface area contributed by atoms with Gasteiger partial charge in [-0.05, 0) is 97.7 Å². The Bertz CT molecular complexity index is 1640. The van der Waals surface area contributed by atoms with Crippen molar-refractivity contribution in [3.8, 4) is 22.3 Å². The third kappa shape index (κ3) is 6.32. The minimum absolute atomic E-state index is 0.0707. The van der Waals surface area contributed by atoms with E-state index in [-0.39, 0.29) is 17.1 Å². The van der Waals surface area contributed by atoms with Gasteiger partial charge in [-0.15, -0.1) is 0 Å². The van der Waals surface area contributed by atoms with Crippen molar-refractivity contribution in [1.82, 2.24) is 0 Å². The van der Waals surface area contributed by atoms with Crippen molar-refractivity contribution >= 4 is 19.0 Å². The van der Waals surface area contributed by atoms with Gasteiger partial charge in [-0.3, -0.25) is 4.79 Å².